The number of sulfonamides is 1. The van der Waals surface area contributed by atoms with Crippen molar-refractivity contribution in [3.05, 3.63) is 59.7 Å². The van der Waals surface area contributed by atoms with Gasteiger partial charge < -0.3 is 5.32 Å². The maximum Gasteiger partial charge on any atom is 0.262 e. The van der Waals surface area contributed by atoms with Gasteiger partial charge in [0.1, 0.15) is 6.54 Å². The van der Waals surface area contributed by atoms with Crippen molar-refractivity contribution >= 4 is 33.4 Å². The van der Waals surface area contributed by atoms with Gasteiger partial charge >= 0.3 is 0 Å². The third kappa shape index (κ3) is 4.18. The van der Waals surface area contributed by atoms with E-state index < -0.39 is 34.3 Å². The van der Waals surface area contributed by atoms with Crippen LogP contribution in [-0.4, -0.2) is 55.0 Å². The van der Waals surface area contributed by atoms with Crippen LogP contribution in [0.2, 0.25) is 0 Å². The van der Waals surface area contributed by atoms with E-state index >= 15 is 0 Å². The molecule has 168 valence electrons. The zero-order chi connectivity index (χ0) is 23.0. The molecule has 32 heavy (non-hydrogen) atoms. The molecular formula is C23H25N3O5S. The summed E-state index contributed by atoms with van der Waals surface area (Å²) < 4.78 is 27.5. The Labute approximate surface area is 187 Å². The van der Waals surface area contributed by atoms with E-state index in [4.69, 9.17) is 0 Å². The van der Waals surface area contributed by atoms with Crippen LogP contribution >= 0.6 is 0 Å². The van der Waals surface area contributed by atoms with Crippen molar-refractivity contribution in [1.29, 1.82) is 0 Å². The quantitative estimate of drug-likeness (QED) is 0.698. The molecule has 1 N–H and O–H groups in total. The van der Waals surface area contributed by atoms with Crippen LogP contribution < -0.4 is 5.32 Å². The van der Waals surface area contributed by atoms with E-state index in [1.54, 1.807) is 24.3 Å². The second-order valence-electron chi connectivity index (χ2n) is 8.58. The maximum absolute atomic E-state index is 13.0. The second kappa shape index (κ2) is 8.48. The molecule has 0 bridgehead atoms. The molecule has 0 aliphatic carbocycles. The van der Waals surface area contributed by atoms with Crippen LogP contribution in [0.25, 0.3) is 0 Å². The number of nitrogens with one attached hydrogen (secondary N) is 1. The Morgan fingerprint density at radius 3 is 2.00 bits per heavy atom. The summed E-state index contributed by atoms with van der Waals surface area (Å²) in [6.07, 6.45) is 1.00. The molecular weight excluding hydrogens is 430 g/mol. The van der Waals surface area contributed by atoms with Gasteiger partial charge in [-0.25, -0.2) is 8.42 Å². The van der Waals surface area contributed by atoms with E-state index in [0.717, 1.165) is 11.3 Å². The molecule has 1 fully saturated rings. The zero-order valence-corrected chi connectivity index (χ0v) is 18.8. The average Bonchev–Trinajstić information content (AvgIpc) is 2.98. The van der Waals surface area contributed by atoms with Crippen LogP contribution in [0.5, 0.6) is 0 Å². The Hall–Kier alpha value is -3.04. The Bertz CT molecular complexity index is 1130. The van der Waals surface area contributed by atoms with Crippen LogP contribution in [0.4, 0.5) is 5.69 Å². The molecule has 2 unspecified atom stereocenters. The third-order valence-electron chi connectivity index (χ3n) is 5.79. The van der Waals surface area contributed by atoms with Crippen molar-refractivity contribution in [3.8, 4) is 0 Å². The van der Waals surface area contributed by atoms with Crippen molar-refractivity contribution < 1.29 is 22.8 Å². The highest BCUT2D eigenvalue weighted by molar-refractivity contribution is 7.89. The summed E-state index contributed by atoms with van der Waals surface area (Å²) >= 11 is 0. The SMILES string of the molecule is CC1CC(C)CN(S(=O)(=O)c2ccc(NC(=O)CN3C(=O)c4ccccc4C3=O)cc2)C1. The van der Waals surface area contributed by atoms with Crippen molar-refractivity contribution in [2.24, 2.45) is 11.8 Å². The molecule has 0 spiro atoms. The van der Waals surface area contributed by atoms with Gasteiger partial charge in [-0.05, 0) is 54.7 Å². The van der Waals surface area contributed by atoms with E-state index in [1.807, 2.05) is 13.8 Å². The number of hydrogen-bond donors (Lipinski definition) is 1. The van der Waals surface area contributed by atoms with E-state index in [2.05, 4.69) is 5.32 Å². The van der Waals surface area contributed by atoms with Crippen LogP contribution in [-0.2, 0) is 14.8 Å². The summed E-state index contributed by atoms with van der Waals surface area (Å²) in [6.45, 7) is 4.66. The van der Waals surface area contributed by atoms with Gasteiger partial charge in [0.15, 0.2) is 0 Å². The number of carbonyl (C=O) groups is 3. The molecule has 0 radical (unpaired) electrons. The molecule has 2 heterocycles. The summed E-state index contributed by atoms with van der Waals surface area (Å²) in [5.74, 6) is -0.961. The van der Waals surface area contributed by atoms with Crippen LogP contribution in [0, 0.1) is 11.8 Å². The molecule has 0 saturated carbocycles. The molecule has 2 aliphatic rings. The largest absolute Gasteiger partial charge is 0.325 e. The lowest BCUT2D eigenvalue weighted by Gasteiger charge is -2.34. The number of carbonyl (C=O) groups excluding carboxylic acids is 3. The van der Waals surface area contributed by atoms with Gasteiger partial charge in [0, 0.05) is 18.8 Å². The van der Waals surface area contributed by atoms with Crippen LogP contribution in [0.15, 0.2) is 53.4 Å². The Morgan fingerprint density at radius 1 is 0.938 bits per heavy atom. The molecule has 9 heteroatoms. The van der Waals surface area contributed by atoms with Crippen molar-refractivity contribution in [2.75, 3.05) is 25.0 Å². The lowest BCUT2D eigenvalue weighted by atomic mass is 9.94. The average molecular weight is 456 g/mol. The summed E-state index contributed by atoms with van der Waals surface area (Å²) in [4.78, 5) is 38.3. The maximum atomic E-state index is 13.0. The minimum Gasteiger partial charge on any atom is -0.325 e. The first-order valence-corrected chi connectivity index (χ1v) is 12.0. The number of nitrogens with zero attached hydrogens (tertiary/aromatic N) is 2. The smallest absolute Gasteiger partial charge is 0.262 e. The van der Waals surface area contributed by atoms with Crippen LogP contribution in [0.3, 0.4) is 0 Å². The topological polar surface area (TPSA) is 104 Å². The monoisotopic (exact) mass is 455 g/mol. The van der Waals surface area contributed by atoms with E-state index in [-0.39, 0.29) is 16.0 Å². The number of rotatable bonds is 5. The van der Waals surface area contributed by atoms with Crippen molar-refractivity contribution in [2.45, 2.75) is 25.2 Å². The number of anilines is 1. The van der Waals surface area contributed by atoms with E-state index in [9.17, 15) is 22.8 Å². The molecule has 8 nitrogen and oxygen atoms in total. The first-order chi connectivity index (χ1) is 15.2. The highest BCUT2D eigenvalue weighted by atomic mass is 32.2. The first-order valence-electron chi connectivity index (χ1n) is 10.5. The molecule has 2 aromatic carbocycles. The standard InChI is InChI=1S/C23H25N3O5S/c1-15-11-16(2)13-25(12-15)32(30,31)18-9-7-17(8-10-18)24-21(27)14-26-22(28)19-5-3-4-6-20(19)23(26)29/h3-10,15-16H,11-14H2,1-2H3,(H,24,27). The fraction of sp³-hybridized carbons (Fsp3) is 0.348. The molecule has 2 aromatic rings. The fourth-order valence-corrected chi connectivity index (χ4v) is 6.07. The minimum atomic E-state index is -3.61. The van der Waals surface area contributed by atoms with Crippen LogP contribution in [0.1, 0.15) is 41.0 Å². The van der Waals surface area contributed by atoms with Gasteiger partial charge in [-0.3, -0.25) is 19.3 Å². The number of hydrogen-bond acceptors (Lipinski definition) is 5. The van der Waals surface area contributed by atoms with E-state index in [0.29, 0.717) is 30.6 Å². The highest BCUT2D eigenvalue weighted by Crippen LogP contribution is 2.27. The lowest BCUT2D eigenvalue weighted by Crippen LogP contribution is -2.42. The number of amides is 3. The third-order valence-corrected chi connectivity index (χ3v) is 7.64. The van der Waals surface area contributed by atoms with Crippen molar-refractivity contribution in [1.82, 2.24) is 9.21 Å². The summed E-state index contributed by atoms with van der Waals surface area (Å²) in [5, 5.41) is 2.62. The molecule has 4 rings (SSSR count). The fourth-order valence-electron chi connectivity index (χ4n) is 4.39. The molecule has 3 amide bonds. The minimum absolute atomic E-state index is 0.164. The van der Waals surface area contributed by atoms with Gasteiger partial charge in [-0.2, -0.15) is 4.31 Å². The number of benzene rings is 2. The van der Waals surface area contributed by atoms with Gasteiger partial charge in [0.25, 0.3) is 11.8 Å². The summed E-state index contributed by atoms with van der Waals surface area (Å²) in [7, 11) is -3.61. The number of imide groups is 1. The van der Waals surface area contributed by atoms with Gasteiger partial charge in [-0.1, -0.05) is 26.0 Å². The molecule has 1 saturated heterocycles. The molecule has 0 aromatic heterocycles. The van der Waals surface area contributed by atoms with Crippen molar-refractivity contribution in [3.63, 3.8) is 0 Å². The summed E-state index contributed by atoms with van der Waals surface area (Å²) in [6, 6.07) is 12.3. The van der Waals surface area contributed by atoms with Gasteiger partial charge in [0.2, 0.25) is 15.9 Å². The van der Waals surface area contributed by atoms with Gasteiger partial charge in [0.05, 0.1) is 16.0 Å². The summed E-state index contributed by atoms with van der Waals surface area (Å²) in [5.41, 5.74) is 0.938. The lowest BCUT2D eigenvalue weighted by molar-refractivity contribution is -0.116. The Morgan fingerprint density at radius 2 is 1.47 bits per heavy atom. The predicted molar refractivity (Wildman–Crippen MR) is 119 cm³/mol. The normalized spacial score (nSPS) is 21.5. The highest BCUT2D eigenvalue weighted by Gasteiger charge is 2.36. The number of fused-ring (bicyclic) bond motifs is 1. The number of piperidine rings is 1. The van der Waals surface area contributed by atoms with Gasteiger partial charge in [-0.15, -0.1) is 0 Å². The zero-order valence-electron chi connectivity index (χ0n) is 17.9. The Kier molecular flexibility index (Phi) is 5.87. The molecule has 2 atom stereocenters. The predicted octanol–water partition coefficient (Wildman–Crippen LogP) is 2.59. The molecule has 2 aliphatic heterocycles. The first kappa shape index (κ1) is 22.2. The second-order valence-corrected chi connectivity index (χ2v) is 10.5. The Balaban J connectivity index is 1.41. The van der Waals surface area contributed by atoms with E-state index in [1.165, 1.54) is 28.6 Å².